The van der Waals surface area contributed by atoms with Gasteiger partial charge in [0.15, 0.2) is 5.82 Å². The Kier molecular flexibility index (Phi) is 3.25. The predicted octanol–water partition coefficient (Wildman–Crippen LogP) is 0.573. The van der Waals surface area contributed by atoms with Crippen LogP contribution in [0, 0.1) is 12.8 Å². The molecule has 96 valence electrons. The Morgan fingerprint density at radius 1 is 1.61 bits per heavy atom. The molecule has 4 N–H and O–H groups in total. The Hall–Kier alpha value is -1.63. The van der Waals surface area contributed by atoms with E-state index in [2.05, 4.69) is 20.9 Å². The molecule has 1 aliphatic rings. The second-order valence-electron chi connectivity index (χ2n) is 4.28. The molecule has 18 heavy (non-hydrogen) atoms. The third kappa shape index (κ3) is 2.17. The Bertz CT molecular complexity index is 532. The number of nitrogen functional groups attached to an aromatic ring is 1. The van der Waals surface area contributed by atoms with Crippen molar-refractivity contribution in [1.82, 2.24) is 4.98 Å². The lowest BCUT2D eigenvalue weighted by atomic mass is 10.1. The summed E-state index contributed by atoms with van der Waals surface area (Å²) in [6.45, 7) is 2.05. The van der Waals surface area contributed by atoms with Crippen molar-refractivity contribution in [3.8, 4) is 0 Å². The van der Waals surface area contributed by atoms with E-state index < -0.39 is 11.8 Å². The normalized spacial score (nSPS) is 19.3. The maximum Gasteiger partial charge on any atom is 0.229 e. The third-order valence-electron chi connectivity index (χ3n) is 2.94. The number of anilines is 2. The van der Waals surface area contributed by atoms with Crippen molar-refractivity contribution in [3.63, 3.8) is 0 Å². The number of primary amides is 1. The fraction of sp³-hybridized carbons (Fsp3) is 0.364. The van der Waals surface area contributed by atoms with Gasteiger partial charge in [-0.3, -0.25) is 14.5 Å². The molecular weight excluding hydrogens is 300 g/mol. The molecule has 0 bridgehead atoms. The summed E-state index contributed by atoms with van der Waals surface area (Å²) in [6.07, 6.45) is 0.117. The number of aryl methyl sites for hydroxylation is 1. The smallest absolute Gasteiger partial charge is 0.229 e. The van der Waals surface area contributed by atoms with Gasteiger partial charge in [0.2, 0.25) is 11.8 Å². The Labute approximate surface area is 112 Å². The number of nitrogens with zero attached hydrogens (tertiary/aromatic N) is 2. The van der Waals surface area contributed by atoms with Crippen LogP contribution in [0.4, 0.5) is 11.5 Å². The molecule has 1 unspecified atom stereocenters. The molecule has 2 amide bonds. The number of hydrogen-bond donors (Lipinski definition) is 2. The summed E-state index contributed by atoms with van der Waals surface area (Å²) in [6, 6.07) is 1.70. The number of carbonyl (C=O) groups is 2. The van der Waals surface area contributed by atoms with Crippen LogP contribution in [0.2, 0.25) is 0 Å². The van der Waals surface area contributed by atoms with Gasteiger partial charge in [0, 0.05) is 17.4 Å². The predicted molar refractivity (Wildman–Crippen MR) is 70.7 cm³/mol. The summed E-state index contributed by atoms with van der Waals surface area (Å²) in [7, 11) is 0. The summed E-state index contributed by atoms with van der Waals surface area (Å²) in [4.78, 5) is 28.7. The van der Waals surface area contributed by atoms with Gasteiger partial charge in [-0.05, 0) is 28.9 Å². The molecule has 1 atom stereocenters. The highest BCUT2D eigenvalue weighted by atomic mass is 79.9. The van der Waals surface area contributed by atoms with Gasteiger partial charge in [0.25, 0.3) is 0 Å². The van der Waals surface area contributed by atoms with Crippen molar-refractivity contribution in [2.75, 3.05) is 17.2 Å². The van der Waals surface area contributed by atoms with Crippen LogP contribution in [0.25, 0.3) is 0 Å². The van der Waals surface area contributed by atoms with Crippen LogP contribution in [0.15, 0.2) is 10.5 Å². The highest BCUT2D eigenvalue weighted by molar-refractivity contribution is 9.10. The average Bonchev–Trinajstić information content (AvgIpc) is 2.66. The molecule has 1 saturated heterocycles. The Morgan fingerprint density at radius 3 is 2.83 bits per heavy atom. The third-order valence-corrected chi connectivity index (χ3v) is 3.75. The SMILES string of the molecule is Cc1nc(N2CC(C(N)=O)CC2=O)c(N)cc1Br. The first-order chi connectivity index (χ1) is 8.40. The quantitative estimate of drug-likeness (QED) is 0.833. The Morgan fingerprint density at radius 2 is 2.28 bits per heavy atom. The standard InChI is InChI=1S/C11H13BrN4O2/c1-5-7(12)3-8(13)11(15-5)16-4-6(10(14)18)2-9(16)17/h3,6H,2,4,13H2,1H3,(H2,14,18). The molecule has 7 heteroatoms. The topological polar surface area (TPSA) is 102 Å². The summed E-state index contributed by atoms with van der Waals surface area (Å²) >= 11 is 3.32. The van der Waals surface area contributed by atoms with Crippen LogP contribution in [0.1, 0.15) is 12.1 Å². The van der Waals surface area contributed by atoms with Crippen molar-refractivity contribution in [3.05, 3.63) is 16.2 Å². The summed E-state index contributed by atoms with van der Waals surface area (Å²) in [5, 5.41) is 0. The number of amides is 2. The highest BCUT2D eigenvalue weighted by Gasteiger charge is 2.35. The van der Waals surface area contributed by atoms with Crippen LogP contribution >= 0.6 is 15.9 Å². The van der Waals surface area contributed by atoms with Gasteiger partial charge in [0.05, 0.1) is 17.3 Å². The maximum atomic E-state index is 11.8. The number of rotatable bonds is 2. The van der Waals surface area contributed by atoms with Crippen molar-refractivity contribution >= 4 is 39.2 Å². The number of hydrogen-bond acceptors (Lipinski definition) is 4. The van der Waals surface area contributed by atoms with Gasteiger partial charge >= 0.3 is 0 Å². The molecule has 2 rings (SSSR count). The monoisotopic (exact) mass is 312 g/mol. The summed E-state index contributed by atoms with van der Waals surface area (Å²) < 4.78 is 0.779. The molecule has 1 aromatic rings. The molecule has 0 spiro atoms. The van der Waals surface area contributed by atoms with Crippen LogP contribution in [-0.4, -0.2) is 23.3 Å². The number of halogens is 1. The van der Waals surface area contributed by atoms with Crippen LogP contribution in [0.3, 0.4) is 0 Å². The molecule has 1 aromatic heterocycles. The lowest BCUT2D eigenvalue weighted by Gasteiger charge is -2.18. The van der Waals surface area contributed by atoms with Crippen LogP contribution in [-0.2, 0) is 9.59 Å². The van der Waals surface area contributed by atoms with E-state index in [4.69, 9.17) is 11.5 Å². The van der Waals surface area contributed by atoms with E-state index in [0.717, 1.165) is 10.2 Å². The van der Waals surface area contributed by atoms with Crippen LogP contribution < -0.4 is 16.4 Å². The van der Waals surface area contributed by atoms with E-state index in [1.165, 1.54) is 4.90 Å². The van der Waals surface area contributed by atoms with Crippen molar-refractivity contribution in [2.45, 2.75) is 13.3 Å². The molecule has 0 aromatic carbocycles. The molecule has 0 radical (unpaired) electrons. The van der Waals surface area contributed by atoms with E-state index in [0.29, 0.717) is 11.5 Å². The summed E-state index contributed by atoms with van der Waals surface area (Å²) in [5.74, 6) is -0.731. The highest BCUT2D eigenvalue weighted by Crippen LogP contribution is 2.30. The van der Waals surface area contributed by atoms with Gasteiger partial charge < -0.3 is 11.5 Å². The molecule has 1 aliphatic heterocycles. The van der Waals surface area contributed by atoms with E-state index in [1.807, 2.05) is 0 Å². The van der Waals surface area contributed by atoms with E-state index in [1.54, 1.807) is 13.0 Å². The largest absolute Gasteiger partial charge is 0.396 e. The van der Waals surface area contributed by atoms with Gasteiger partial charge in [-0.1, -0.05) is 0 Å². The Balaban J connectivity index is 2.35. The molecule has 2 heterocycles. The second kappa shape index (κ2) is 4.56. The summed E-state index contributed by atoms with van der Waals surface area (Å²) in [5.41, 5.74) is 12.2. The molecular formula is C11H13BrN4O2. The van der Waals surface area contributed by atoms with Crippen molar-refractivity contribution < 1.29 is 9.59 Å². The zero-order valence-corrected chi connectivity index (χ0v) is 11.4. The van der Waals surface area contributed by atoms with Gasteiger partial charge in [-0.15, -0.1) is 0 Å². The zero-order valence-electron chi connectivity index (χ0n) is 9.81. The molecule has 6 nitrogen and oxygen atoms in total. The fourth-order valence-corrected chi connectivity index (χ4v) is 2.24. The van der Waals surface area contributed by atoms with E-state index in [-0.39, 0.29) is 18.9 Å². The lowest BCUT2D eigenvalue weighted by Crippen LogP contribution is -2.29. The molecule has 0 saturated carbocycles. The minimum atomic E-state index is -0.474. The fourth-order valence-electron chi connectivity index (χ4n) is 1.90. The van der Waals surface area contributed by atoms with Gasteiger partial charge in [0.1, 0.15) is 0 Å². The van der Waals surface area contributed by atoms with Crippen LogP contribution in [0.5, 0.6) is 0 Å². The first kappa shape index (κ1) is 12.8. The van der Waals surface area contributed by atoms with Crippen molar-refractivity contribution in [2.24, 2.45) is 11.7 Å². The van der Waals surface area contributed by atoms with E-state index in [9.17, 15) is 9.59 Å². The number of carbonyl (C=O) groups excluding carboxylic acids is 2. The molecule has 1 fully saturated rings. The number of aromatic nitrogens is 1. The first-order valence-corrected chi connectivity index (χ1v) is 6.21. The second-order valence-corrected chi connectivity index (χ2v) is 5.13. The average molecular weight is 313 g/mol. The lowest BCUT2D eigenvalue weighted by molar-refractivity contribution is -0.123. The van der Waals surface area contributed by atoms with E-state index >= 15 is 0 Å². The molecule has 0 aliphatic carbocycles. The zero-order chi connectivity index (χ0) is 13.4. The minimum Gasteiger partial charge on any atom is -0.396 e. The van der Waals surface area contributed by atoms with Gasteiger partial charge in [-0.2, -0.15) is 0 Å². The van der Waals surface area contributed by atoms with Crippen molar-refractivity contribution in [1.29, 1.82) is 0 Å². The maximum absolute atomic E-state index is 11.8. The van der Waals surface area contributed by atoms with Gasteiger partial charge in [-0.25, -0.2) is 4.98 Å². The first-order valence-electron chi connectivity index (χ1n) is 5.42. The number of pyridine rings is 1. The number of nitrogens with two attached hydrogens (primary N) is 2. The minimum absolute atomic E-state index is 0.117.